The van der Waals surface area contributed by atoms with Crippen LogP contribution in [0.5, 0.6) is 5.75 Å². The lowest BCUT2D eigenvalue weighted by molar-refractivity contribution is 0.0978. The summed E-state index contributed by atoms with van der Waals surface area (Å²) in [5.74, 6) is 1.75. The lowest BCUT2D eigenvalue weighted by Crippen LogP contribution is -2.43. The van der Waals surface area contributed by atoms with E-state index >= 15 is 0 Å². The van der Waals surface area contributed by atoms with E-state index in [0.29, 0.717) is 0 Å². The molecule has 196 valence electrons. The van der Waals surface area contributed by atoms with Gasteiger partial charge in [-0.05, 0) is 62.5 Å². The molecule has 0 radical (unpaired) electrons. The second-order valence-electron chi connectivity index (χ2n) is 11.1. The Kier molecular flexibility index (Phi) is 7.33. The van der Waals surface area contributed by atoms with Gasteiger partial charge in [-0.25, -0.2) is 0 Å². The normalized spacial score (nSPS) is 21.1. The van der Waals surface area contributed by atoms with Gasteiger partial charge in [0.1, 0.15) is 5.75 Å². The van der Waals surface area contributed by atoms with Gasteiger partial charge in [0.15, 0.2) is 5.78 Å². The zero-order valence-electron chi connectivity index (χ0n) is 22.4. The van der Waals surface area contributed by atoms with Gasteiger partial charge in [0.05, 0.1) is 12.6 Å². The van der Waals surface area contributed by atoms with Crippen LogP contribution in [0.1, 0.15) is 60.0 Å². The minimum Gasteiger partial charge on any atom is -0.495 e. The first-order valence-electron chi connectivity index (χ1n) is 14.3. The zero-order valence-corrected chi connectivity index (χ0v) is 22.4. The highest BCUT2D eigenvalue weighted by Gasteiger charge is 2.39. The molecule has 4 heteroatoms. The predicted molar refractivity (Wildman–Crippen MR) is 154 cm³/mol. The average molecular weight is 507 g/mol. The number of rotatable bonds is 10. The maximum atomic E-state index is 13.4. The summed E-state index contributed by atoms with van der Waals surface area (Å²) < 4.78 is 7.98. The molecule has 4 aromatic rings. The Morgan fingerprint density at radius 2 is 1.58 bits per heavy atom. The number of ketones is 1. The highest BCUT2D eigenvalue weighted by atomic mass is 16.5. The number of aromatic nitrogens is 1. The van der Waals surface area contributed by atoms with Crippen molar-refractivity contribution >= 4 is 16.7 Å². The molecule has 3 atom stereocenters. The fourth-order valence-corrected chi connectivity index (χ4v) is 7.02. The van der Waals surface area contributed by atoms with Crippen LogP contribution >= 0.6 is 0 Å². The molecule has 6 rings (SSSR count). The number of aryl methyl sites for hydroxylation is 2. The minimum atomic E-state index is 0.0678. The van der Waals surface area contributed by atoms with Gasteiger partial charge in [-0.3, -0.25) is 9.69 Å². The highest BCUT2D eigenvalue weighted by Crippen LogP contribution is 2.40. The van der Waals surface area contributed by atoms with Gasteiger partial charge in [-0.15, -0.1) is 0 Å². The first-order chi connectivity index (χ1) is 18.7. The molecule has 3 aromatic carbocycles. The summed E-state index contributed by atoms with van der Waals surface area (Å²) in [6.45, 7) is 2.00. The van der Waals surface area contributed by atoms with E-state index in [1.54, 1.807) is 7.11 Å². The fourth-order valence-electron chi connectivity index (χ4n) is 7.02. The van der Waals surface area contributed by atoms with E-state index in [9.17, 15) is 4.79 Å². The molecular formula is C34H38N2O2. The summed E-state index contributed by atoms with van der Waals surface area (Å²) in [5, 5.41) is 0.970. The predicted octanol–water partition coefficient (Wildman–Crippen LogP) is 7.15. The Hall–Kier alpha value is -3.37. The molecule has 3 heterocycles. The molecular weight excluding hydrogens is 468 g/mol. The first kappa shape index (κ1) is 24.9. The van der Waals surface area contributed by atoms with E-state index in [-0.39, 0.29) is 5.78 Å². The van der Waals surface area contributed by atoms with E-state index in [1.807, 2.05) is 54.7 Å². The standard InChI is InChI=1S/C34H38N2O2/c1-38-32-15-8-14-30-31(34(37)27-12-6-3-7-13-27)24-35(33(30)32)20-9-21-36-28-18-19-29(36)23-26(22-28)17-16-25-10-4-2-5-11-25/h2-8,10-15,24,26,28-29H,9,16-23H2,1H3/t26?,28-,29+. The van der Waals surface area contributed by atoms with Gasteiger partial charge in [-0.1, -0.05) is 72.8 Å². The number of carbonyl (C=O) groups is 1. The quantitative estimate of drug-likeness (QED) is 0.214. The highest BCUT2D eigenvalue weighted by molar-refractivity contribution is 6.17. The summed E-state index contributed by atoms with van der Waals surface area (Å²) in [5.41, 5.74) is 3.98. The Bertz CT molecular complexity index is 1360. The number of benzene rings is 3. The molecule has 2 fully saturated rings. The smallest absolute Gasteiger partial charge is 0.195 e. The summed E-state index contributed by atoms with van der Waals surface area (Å²) in [6.07, 6.45) is 11.0. The largest absolute Gasteiger partial charge is 0.495 e. The molecule has 2 saturated heterocycles. The van der Waals surface area contributed by atoms with Crippen LogP contribution in [-0.4, -0.2) is 41.0 Å². The minimum absolute atomic E-state index is 0.0678. The monoisotopic (exact) mass is 506 g/mol. The van der Waals surface area contributed by atoms with Crippen molar-refractivity contribution in [2.45, 2.75) is 63.6 Å². The zero-order chi connectivity index (χ0) is 25.9. The van der Waals surface area contributed by atoms with E-state index in [0.717, 1.165) is 65.3 Å². The van der Waals surface area contributed by atoms with Crippen LogP contribution in [-0.2, 0) is 13.0 Å². The maximum Gasteiger partial charge on any atom is 0.195 e. The van der Waals surface area contributed by atoms with Crippen molar-refractivity contribution in [3.8, 4) is 5.75 Å². The van der Waals surface area contributed by atoms with E-state index in [4.69, 9.17) is 4.74 Å². The molecule has 0 amide bonds. The van der Waals surface area contributed by atoms with Crippen molar-refractivity contribution in [3.05, 3.63) is 102 Å². The van der Waals surface area contributed by atoms with Crippen molar-refractivity contribution in [2.24, 2.45) is 5.92 Å². The van der Waals surface area contributed by atoms with Gasteiger partial charge in [-0.2, -0.15) is 0 Å². The Morgan fingerprint density at radius 3 is 2.29 bits per heavy atom. The Balaban J connectivity index is 1.12. The molecule has 1 aromatic heterocycles. The molecule has 2 bridgehead atoms. The molecule has 2 aliphatic heterocycles. The number of ether oxygens (including phenoxy) is 1. The number of carbonyl (C=O) groups excluding carboxylic acids is 1. The van der Waals surface area contributed by atoms with Crippen LogP contribution in [0.2, 0.25) is 0 Å². The van der Waals surface area contributed by atoms with Crippen LogP contribution < -0.4 is 4.74 Å². The van der Waals surface area contributed by atoms with Crippen LogP contribution in [0.3, 0.4) is 0 Å². The molecule has 2 aliphatic rings. The maximum absolute atomic E-state index is 13.4. The van der Waals surface area contributed by atoms with Crippen LogP contribution in [0.4, 0.5) is 0 Å². The Morgan fingerprint density at radius 1 is 0.868 bits per heavy atom. The fraction of sp³-hybridized carbons (Fsp3) is 0.382. The van der Waals surface area contributed by atoms with E-state index < -0.39 is 0 Å². The van der Waals surface area contributed by atoms with Crippen LogP contribution in [0.15, 0.2) is 85.1 Å². The Labute approximate surface area is 226 Å². The third kappa shape index (κ3) is 5.02. The number of piperidine rings is 1. The SMILES string of the molecule is COc1cccc2c(C(=O)c3ccccc3)cn(CCCN3[C@@H]4CC[C@H]3CC(CCc3ccccc3)C4)c12. The number of hydrogen-bond acceptors (Lipinski definition) is 3. The third-order valence-electron chi connectivity index (χ3n) is 8.84. The second-order valence-corrected chi connectivity index (χ2v) is 11.1. The van der Waals surface area contributed by atoms with Crippen molar-refractivity contribution < 1.29 is 9.53 Å². The van der Waals surface area contributed by atoms with Crippen molar-refractivity contribution in [3.63, 3.8) is 0 Å². The first-order valence-corrected chi connectivity index (χ1v) is 14.3. The summed E-state index contributed by atoms with van der Waals surface area (Å²) >= 11 is 0. The van der Waals surface area contributed by atoms with Gasteiger partial charge < -0.3 is 9.30 Å². The third-order valence-corrected chi connectivity index (χ3v) is 8.84. The van der Waals surface area contributed by atoms with E-state index in [2.05, 4.69) is 39.8 Å². The molecule has 1 unspecified atom stereocenters. The van der Waals surface area contributed by atoms with Crippen LogP contribution in [0.25, 0.3) is 10.9 Å². The van der Waals surface area contributed by atoms with Crippen LogP contribution in [0, 0.1) is 5.92 Å². The molecule has 4 nitrogen and oxygen atoms in total. The van der Waals surface area contributed by atoms with Crippen molar-refractivity contribution in [2.75, 3.05) is 13.7 Å². The van der Waals surface area contributed by atoms with E-state index in [1.165, 1.54) is 44.1 Å². The second kappa shape index (κ2) is 11.2. The van der Waals surface area contributed by atoms with Gasteiger partial charge in [0.2, 0.25) is 0 Å². The molecule has 38 heavy (non-hydrogen) atoms. The number of nitrogens with zero attached hydrogens (tertiary/aromatic N) is 2. The molecule has 0 aliphatic carbocycles. The molecule has 0 N–H and O–H groups in total. The lowest BCUT2D eigenvalue weighted by Gasteiger charge is -2.39. The molecule has 0 spiro atoms. The number of methoxy groups -OCH3 is 1. The summed E-state index contributed by atoms with van der Waals surface area (Å²) in [7, 11) is 1.71. The summed E-state index contributed by atoms with van der Waals surface area (Å²) in [4.78, 5) is 16.2. The molecule has 0 saturated carbocycles. The van der Waals surface area contributed by atoms with Gasteiger partial charge >= 0.3 is 0 Å². The number of fused-ring (bicyclic) bond motifs is 3. The van der Waals surface area contributed by atoms with Gasteiger partial charge in [0, 0.05) is 47.9 Å². The lowest BCUT2D eigenvalue weighted by atomic mass is 9.86. The van der Waals surface area contributed by atoms with Gasteiger partial charge in [0.25, 0.3) is 0 Å². The number of hydrogen-bond donors (Lipinski definition) is 0. The average Bonchev–Trinajstić information content (AvgIpc) is 3.45. The summed E-state index contributed by atoms with van der Waals surface area (Å²) in [6, 6.07) is 28.0. The topological polar surface area (TPSA) is 34.5 Å². The van der Waals surface area contributed by atoms with Crippen molar-refractivity contribution in [1.29, 1.82) is 0 Å². The van der Waals surface area contributed by atoms with Crippen molar-refractivity contribution in [1.82, 2.24) is 9.47 Å². The number of para-hydroxylation sites is 1.